The van der Waals surface area contributed by atoms with Crippen LogP contribution in [0.4, 0.5) is 9.18 Å². The van der Waals surface area contributed by atoms with Crippen molar-refractivity contribution in [3.05, 3.63) is 35.6 Å². The van der Waals surface area contributed by atoms with Gasteiger partial charge in [0, 0.05) is 5.56 Å². The molecule has 0 spiro atoms. The highest BCUT2D eigenvalue weighted by atomic mass is 19.1. The highest BCUT2D eigenvalue weighted by Gasteiger charge is 2.31. The normalized spacial score (nSPS) is 13.9. The molecule has 0 aromatic heterocycles. The molecule has 0 heterocycles. The highest BCUT2D eigenvalue weighted by molar-refractivity contribution is 5.78. The average molecular weight is 312 g/mol. The number of esters is 1. The zero-order valence-electron chi connectivity index (χ0n) is 13.1. The van der Waals surface area contributed by atoms with E-state index in [1.54, 1.807) is 26.8 Å². The van der Waals surface area contributed by atoms with Gasteiger partial charge in [-0.3, -0.25) is 4.79 Å². The predicted molar refractivity (Wildman–Crippen MR) is 78.5 cm³/mol. The van der Waals surface area contributed by atoms with Crippen molar-refractivity contribution in [3.63, 3.8) is 0 Å². The van der Waals surface area contributed by atoms with Crippen LogP contribution in [0.2, 0.25) is 0 Å². The van der Waals surface area contributed by atoms with Gasteiger partial charge in [0.2, 0.25) is 0 Å². The number of hydrogen-bond donors (Lipinski definition) is 2. The van der Waals surface area contributed by atoms with Gasteiger partial charge in [-0.25, -0.2) is 9.18 Å². The summed E-state index contributed by atoms with van der Waals surface area (Å²) in [6, 6.07) is 3.33. The summed E-state index contributed by atoms with van der Waals surface area (Å²) in [5.74, 6) is -1.37. The van der Waals surface area contributed by atoms with Crippen molar-refractivity contribution in [3.8, 4) is 0 Å². The van der Waals surface area contributed by atoms with Gasteiger partial charge in [0.05, 0.1) is 13.2 Å². The molecule has 0 bridgehead atoms. The fourth-order valence-corrected chi connectivity index (χ4v) is 1.79. The molecule has 22 heavy (non-hydrogen) atoms. The van der Waals surface area contributed by atoms with Crippen molar-refractivity contribution in [1.82, 2.24) is 5.32 Å². The lowest BCUT2D eigenvalue weighted by Crippen LogP contribution is -2.47. The molecule has 122 valence electrons. The van der Waals surface area contributed by atoms with Crippen LogP contribution in [0.5, 0.6) is 0 Å². The van der Waals surface area contributed by atoms with Crippen LogP contribution in [-0.2, 0) is 14.3 Å². The summed E-state index contributed by atoms with van der Waals surface area (Å²) in [5, 5.41) is 2.42. The number of carbonyl (C=O) groups is 2. The Hall–Kier alpha value is -2.15. The minimum absolute atomic E-state index is 0.0752. The number of methoxy groups -OCH3 is 1. The van der Waals surface area contributed by atoms with Gasteiger partial charge in [0.15, 0.2) is 0 Å². The second-order valence-electron chi connectivity index (χ2n) is 5.69. The van der Waals surface area contributed by atoms with Crippen LogP contribution in [0.1, 0.15) is 32.4 Å². The summed E-state index contributed by atoms with van der Waals surface area (Å²) >= 11 is 0. The lowest BCUT2D eigenvalue weighted by molar-refractivity contribution is -0.142. The molecule has 1 aromatic carbocycles. The van der Waals surface area contributed by atoms with Crippen LogP contribution in [0.3, 0.4) is 0 Å². The molecule has 0 aliphatic rings. The van der Waals surface area contributed by atoms with E-state index < -0.39 is 35.6 Å². The molecule has 0 fully saturated rings. The van der Waals surface area contributed by atoms with Crippen LogP contribution in [0.25, 0.3) is 0 Å². The first kappa shape index (κ1) is 17.9. The lowest BCUT2D eigenvalue weighted by atomic mass is 9.99. The Bertz CT molecular complexity index is 543. The zero-order chi connectivity index (χ0) is 16.9. The minimum atomic E-state index is -1.27. The summed E-state index contributed by atoms with van der Waals surface area (Å²) in [5.41, 5.74) is 5.11. The Morgan fingerprint density at radius 2 is 1.86 bits per heavy atom. The predicted octanol–water partition coefficient (Wildman–Crippen LogP) is 1.89. The van der Waals surface area contributed by atoms with Crippen LogP contribution in [0.15, 0.2) is 24.3 Å². The Labute approximate surface area is 128 Å². The van der Waals surface area contributed by atoms with Crippen LogP contribution in [0, 0.1) is 5.82 Å². The standard InChI is InChI=1S/C15H21FN2O4/c1-15(2,3)22-14(20)18-12(11(17)13(19)21-4)9-7-5-6-8-10(9)16/h5-8,11-12H,17H2,1-4H3,(H,18,20)/t11-,12?/m0/s1. The maximum absolute atomic E-state index is 14.0. The molecule has 1 aromatic rings. The molecule has 3 N–H and O–H groups in total. The monoisotopic (exact) mass is 312 g/mol. The van der Waals surface area contributed by atoms with E-state index in [9.17, 15) is 14.0 Å². The molecule has 0 saturated carbocycles. The number of hydrogen-bond acceptors (Lipinski definition) is 5. The van der Waals surface area contributed by atoms with E-state index in [1.165, 1.54) is 18.2 Å². The maximum Gasteiger partial charge on any atom is 0.408 e. The minimum Gasteiger partial charge on any atom is -0.468 e. The quantitative estimate of drug-likeness (QED) is 0.829. The van der Waals surface area contributed by atoms with E-state index in [1.807, 2.05) is 0 Å². The zero-order valence-corrected chi connectivity index (χ0v) is 13.1. The van der Waals surface area contributed by atoms with Gasteiger partial charge in [-0.15, -0.1) is 0 Å². The van der Waals surface area contributed by atoms with Gasteiger partial charge in [0.25, 0.3) is 0 Å². The molecule has 0 radical (unpaired) electrons. The van der Waals surface area contributed by atoms with Gasteiger partial charge in [-0.2, -0.15) is 0 Å². The third kappa shape index (κ3) is 5.00. The second kappa shape index (κ2) is 7.22. The summed E-state index contributed by atoms with van der Waals surface area (Å²) in [7, 11) is 1.16. The number of nitrogens with two attached hydrogens (primary N) is 1. The summed E-state index contributed by atoms with van der Waals surface area (Å²) in [6.07, 6.45) is -0.805. The Kier molecular flexibility index (Phi) is 5.87. The van der Waals surface area contributed by atoms with Gasteiger partial charge < -0.3 is 20.5 Å². The Morgan fingerprint density at radius 3 is 2.36 bits per heavy atom. The first-order valence-corrected chi connectivity index (χ1v) is 6.73. The number of rotatable bonds is 4. The van der Waals surface area contributed by atoms with Gasteiger partial charge in [0.1, 0.15) is 17.5 Å². The molecule has 2 atom stereocenters. The topological polar surface area (TPSA) is 90.6 Å². The largest absolute Gasteiger partial charge is 0.468 e. The SMILES string of the molecule is COC(=O)[C@@H](N)C(NC(=O)OC(C)(C)C)c1ccccc1F. The van der Waals surface area contributed by atoms with Gasteiger partial charge in [-0.05, 0) is 26.8 Å². The third-order valence-corrected chi connectivity index (χ3v) is 2.74. The third-order valence-electron chi connectivity index (χ3n) is 2.74. The number of alkyl carbamates (subject to hydrolysis) is 1. The smallest absolute Gasteiger partial charge is 0.408 e. The molecular weight excluding hydrogens is 291 g/mol. The average Bonchev–Trinajstić information content (AvgIpc) is 2.42. The molecule has 1 rings (SSSR count). The van der Waals surface area contributed by atoms with E-state index in [0.29, 0.717) is 0 Å². The first-order chi connectivity index (χ1) is 10.2. The molecule has 0 aliphatic carbocycles. The summed E-state index contributed by atoms with van der Waals surface area (Å²) < 4.78 is 23.6. The number of ether oxygens (including phenoxy) is 2. The van der Waals surface area contributed by atoms with Crippen molar-refractivity contribution in [2.45, 2.75) is 38.5 Å². The van der Waals surface area contributed by atoms with Crippen molar-refractivity contribution in [2.75, 3.05) is 7.11 Å². The molecule has 6 nitrogen and oxygen atoms in total. The molecule has 0 saturated heterocycles. The van der Waals surface area contributed by atoms with E-state index in [0.717, 1.165) is 7.11 Å². The van der Waals surface area contributed by atoms with Crippen molar-refractivity contribution >= 4 is 12.1 Å². The fraction of sp³-hybridized carbons (Fsp3) is 0.467. The van der Waals surface area contributed by atoms with Crippen molar-refractivity contribution in [2.24, 2.45) is 5.73 Å². The van der Waals surface area contributed by atoms with Gasteiger partial charge >= 0.3 is 12.1 Å². The molecule has 7 heteroatoms. The number of amides is 1. The second-order valence-corrected chi connectivity index (χ2v) is 5.69. The maximum atomic E-state index is 14.0. The highest BCUT2D eigenvalue weighted by Crippen LogP contribution is 2.21. The van der Waals surface area contributed by atoms with E-state index in [2.05, 4.69) is 10.1 Å². The van der Waals surface area contributed by atoms with Crippen molar-refractivity contribution < 1.29 is 23.5 Å². The molecular formula is C15H21FN2O4. The number of benzene rings is 1. The summed E-state index contributed by atoms with van der Waals surface area (Å²) in [6.45, 7) is 5.06. The fourth-order valence-electron chi connectivity index (χ4n) is 1.79. The molecule has 1 unspecified atom stereocenters. The summed E-state index contributed by atoms with van der Waals surface area (Å²) in [4.78, 5) is 23.5. The van der Waals surface area contributed by atoms with E-state index in [-0.39, 0.29) is 5.56 Å². The van der Waals surface area contributed by atoms with Crippen LogP contribution >= 0.6 is 0 Å². The lowest BCUT2D eigenvalue weighted by Gasteiger charge is -2.26. The Balaban J connectivity index is 3.05. The molecule has 1 amide bonds. The van der Waals surface area contributed by atoms with Crippen LogP contribution in [-0.4, -0.2) is 30.8 Å². The van der Waals surface area contributed by atoms with Crippen LogP contribution < -0.4 is 11.1 Å². The first-order valence-electron chi connectivity index (χ1n) is 6.73. The number of carbonyl (C=O) groups excluding carboxylic acids is 2. The van der Waals surface area contributed by atoms with Crippen molar-refractivity contribution in [1.29, 1.82) is 0 Å². The van der Waals surface area contributed by atoms with E-state index >= 15 is 0 Å². The number of nitrogens with one attached hydrogen (secondary N) is 1. The number of halogens is 1. The van der Waals surface area contributed by atoms with E-state index in [4.69, 9.17) is 10.5 Å². The molecule has 0 aliphatic heterocycles. The van der Waals surface area contributed by atoms with Gasteiger partial charge in [-0.1, -0.05) is 18.2 Å². The Morgan fingerprint density at radius 1 is 1.27 bits per heavy atom.